The van der Waals surface area contributed by atoms with Gasteiger partial charge in [-0.25, -0.2) is 0 Å². The standard InChI is InChI=1S/C52H35N3S/c1-3-12-34(13-4-1)35-22-26-38(27-23-35)46-33-45(37-14-5-2-6-15-37)53-52(54-46)39-28-24-36(25-29-39)41-18-11-20-48-51(41)43-17-7-9-19-47(43)55(48)40-30-31-50-44(32-40)42-16-8-10-21-49(42)56-50/h1-33,52,54H. The van der Waals surface area contributed by atoms with E-state index in [-0.39, 0.29) is 6.17 Å². The predicted molar refractivity (Wildman–Crippen MR) is 238 cm³/mol. The number of aliphatic imine (C=N–C) groups is 1. The van der Waals surface area contributed by atoms with Crippen molar-refractivity contribution >= 4 is 64.7 Å². The summed E-state index contributed by atoms with van der Waals surface area (Å²) in [6.45, 7) is 0. The smallest absolute Gasteiger partial charge is 0.145 e. The largest absolute Gasteiger partial charge is 0.360 e. The Hall–Kier alpha value is -7.01. The van der Waals surface area contributed by atoms with E-state index in [1.807, 2.05) is 11.3 Å². The van der Waals surface area contributed by atoms with Crippen LogP contribution in [0.4, 0.5) is 0 Å². The van der Waals surface area contributed by atoms with Crippen LogP contribution >= 0.6 is 11.3 Å². The Morgan fingerprint density at radius 3 is 1.89 bits per heavy atom. The number of allylic oxidation sites excluding steroid dienone is 1. The van der Waals surface area contributed by atoms with Gasteiger partial charge in [0.25, 0.3) is 0 Å². The van der Waals surface area contributed by atoms with Crippen molar-refractivity contribution in [2.24, 2.45) is 4.99 Å². The summed E-state index contributed by atoms with van der Waals surface area (Å²) in [5, 5.41) is 8.89. The number of benzene rings is 8. The summed E-state index contributed by atoms with van der Waals surface area (Å²) in [5.74, 6) is 0. The van der Waals surface area contributed by atoms with Crippen molar-refractivity contribution in [3.05, 3.63) is 217 Å². The Kier molecular flexibility index (Phi) is 7.75. The van der Waals surface area contributed by atoms with Crippen LogP contribution in [0.1, 0.15) is 22.9 Å². The first-order chi connectivity index (χ1) is 27.7. The van der Waals surface area contributed by atoms with Gasteiger partial charge in [0.05, 0.1) is 16.7 Å². The normalized spacial score (nSPS) is 14.2. The molecule has 3 heterocycles. The number of hydrogen-bond acceptors (Lipinski definition) is 3. The Morgan fingerprint density at radius 2 is 1.09 bits per heavy atom. The second kappa shape index (κ2) is 13.4. The molecule has 0 aliphatic carbocycles. The van der Waals surface area contributed by atoms with Crippen molar-refractivity contribution in [3.8, 4) is 27.9 Å². The van der Waals surface area contributed by atoms with Gasteiger partial charge in [0.2, 0.25) is 0 Å². The van der Waals surface area contributed by atoms with Gasteiger partial charge in [-0.05, 0) is 81.4 Å². The first-order valence-electron chi connectivity index (χ1n) is 19.1. The topological polar surface area (TPSA) is 29.3 Å². The number of hydrogen-bond donors (Lipinski definition) is 1. The van der Waals surface area contributed by atoms with E-state index in [4.69, 9.17) is 4.99 Å². The Morgan fingerprint density at radius 1 is 0.464 bits per heavy atom. The summed E-state index contributed by atoms with van der Waals surface area (Å²) in [4.78, 5) is 5.26. The van der Waals surface area contributed by atoms with Crippen LogP contribution in [0.2, 0.25) is 0 Å². The molecule has 0 fully saturated rings. The molecule has 4 heteroatoms. The highest BCUT2D eigenvalue weighted by atomic mass is 32.1. The summed E-state index contributed by atoms with van der Waals surface area (Å²) in [6, 6.07) is 69.9. The molecule has 1 atom stereocenters. The van der Waals surface area contributed by atoms with Gasteiger partial charge >= 0.3 is 0 Å². The first kappa shape index (κ1) is 32.4. The van der Waals surface area contributed by atoms with Crippen LogP contribution in [0.3, 0.4) is 0 Å². The highest BCUT2D eigenvalue weighted by Crippen LogP contribution is 2.41. The van der Waals surface area contributed by atoms with E-state index in [2.05, 4.69) is 210 Å². The average Bonchev–Trinajstić information content (AvgIpc) is 3.82. The number of aromatic nitrogens is 1. The van der Waals surface area contributed by atoms with Gasteiger partial charge in [0.1, 0.15) is 6.17 Å². The minimum absolute atomic E-state index is 0.242. The number of nitrogens with one attached hydrogen (secondary N) is 1. The Bertz CT molecular complexity index is 3130. The summed E-state index contributed by atoms with van der Waals surface area (Å²) in [6.07, 6.45) is 1.93. The van der Waals surface area contributed by atoms with Crippen molar-refractivity contribution in [2.75, 3.05) is 0 Å². The fourth-order valence-electron chi connectivity index (χ4n) is 8.33. The zero-order valence-corrected chi connectivity index (χ0v) is 31.2. The van der Waals surface area contributed by atoms with Gasteiger partial charge in [-0.15, -0.1) is 11.3 Å². The minimum atomic E-state index is -0.242. The van der Waals surface area contributed by atoms with Gasteiger partial charge in [0, 0.05) is 42.3 Å². The fourth-order valence-corrected chi connectivity index (χ4v) is 9.42. The van der Waals surface area contributed by atoms with E-state index in [9.17, 15) is 0 Å². The maximum atomic E-state index is 5.26. The third kappa shape index (κ3) is 5.54. The van der Waals surface area contributed by atoms with Crippen LogP contribution < -0.4 is 5.32 Å². The molecule has 1 aliphatic heterocycles. The van der Waals surface area contributed by atoms with Crippen molar-refractivity contribution in [2.45, 2.75) is 6.17 Å². The zero-order valence-electron chi connectivity index (χ0n) is 30.4. The predicted octanol–water partition coefficient (Wildman–Crippen LogP) is 13.6. The van der Waals surface area contributed by atoms with Crippen molar-refractivity contribution in [3.63, 3.8) is 0 Å². The van der Waals surface area contributed by atoms with Crippen molar-refractivity contribution in [1.29, 1.82) is 0 Å². The number of rotatable bonds is 6. The molecule has 56 heavy (non-hydrogen) atoms. The molecule has 0 saturated heterocycles. The molecule has 0 spiro atoms. The third-order valence-electron chi connectivity index (χ3n) is 11.1. The second-order valence-corrected chi connectivity index (χ2v) is 15.5. The lowest BCUT2D eigenvalue weighted by molar-refractivity contribution is 0.664. The van der Waals surface area contributed by atoms with E-state index in [0.29, 0.717) is 0 Å². The molecule has 3 nitrogen and oxygen atoms in total. The Balaban J connectivity index is 0.974. The molecule has 0 radical (unpaired) electrons. The molecule has 0 bridgehead atoms. The molecule has 264 valence electrons. The second-order valence-electron chi connectivity index (χ2n) is 14.4. The lowest BCUT2D eigenvalue weighted by Crippen LogP contribution is -2.24. The SMILES string of the molecule is C1=C(c2ccc(-c3ccccc3)cc2)NC(c2ccc(-c3cccc4c3c3ccccc3n4-c3ccc4sc5ccccc5c4c3)cc2)N=C1c1ccccc1. The van der Waals surface area contributed by atoms with Crippen molar-refractivity contribution in [1.82, 2.24) is 9.88 Å². The summed E-state index contributed by atoms with van der Waals surface area (Å²) >= 11 is 1.86. The Labute approximate surface area is 329 Å². The fraction of sp³-hybridized carbons (Fsp3) is 0.0192. The van der Waals surface area contributed by atoms with Crippen LogP contribution in [0, 0.1) is 0 Å². The lowest BCUT2D eigenvalue weighted by Gasteiger charge is -2.25. The molecule has 2 aromatic heterocycles. The van der Waals surface area contributed by atoms with Gasteiger partial charge in [0.15, 0.2) is 0 Å². The summed E-state index contributed by atoms with van der Waals surface area (Å²) in [5.41, 5.74) is 13.7. The number of nitrogens with zero attached hydrogens (tertiary/aromatic N) is 2. The summed E-state index contributed by atoms with van der Waals surface area (Å²) < 4.78 is 5.07. The number of para-hydroxylation sites is 1. The van der Waals surface area contributed by atoms with E-state index >= 15 is 0 Å². The summed E-state index contributed by atoms with van der Waals surface area (Å²) in [7, 11) is 0. The van der Waals surface area contributed by atoms with E-state index in [1.54, 1.807) is 0 Å². The third-order valence-corrected chi connectivity index (χ3v) is 12.2. The quantitative estimate of drug-likeness (QED) is 0.181. The van der Waals surface area contributed by atoms with Gasteiger partial charge in [-0.3, -0.25) is 4.99 Å². The van der Waals surface area contributed by atoms with E-state index < -0.39 is 0 Å². The molecule has 1 N–H and O–H groups in total. The molecular weight excluding hydrogens is 699 g/mol. The first-order valence-corrected chi connectivity index (χ1v) is 19.9. The highest BCUT2D eigenvalue weighted by molar-refractivity contribution is 7.25. The molecule has 10 aromatic rings. The van der Waals surface area contributed by atoms with Gasteiger partial charge in [-0.1, -0.05) is 158 Å². The molecule has 0 amide bonds. The van der Waals surface area contributed by atoms with Crippen LogP contribution in [0.25, 0.3) is 75.6 Å². The van der Waals surface area contributed by atoms with E-state index in [1.165, 1.54) is 69.9 Å². The molecule has 11 rings (SSSR count). The zero-order chi connectivity index (χ0) is 37.0. The monoisotopic (exact) mass is 733 g/mol. The minimum Gasteiger partial charge on any atom is -0.360 e. The average molecular weight is 734 g/mol. The number of thiophene rings is 1. The molecule has 0 saturated carbocycles. The van der Waals surface area contributed by atoms with Crippen LogP contribution in [0.15, 0.2) is 205 Å². The van der Waals surface area contributed by atoms with Gasteiger partial charge < -0.3 is 9.88 Å². The molecule has 1 aliphatic rings. The van der Waals surface area contributed by atoms with Crippen molar-refractivity contribution < 1.29 is 0 Å². The molecule has 8 aromatic carbocycles. The van der Waals surface area contributed by atoms with Crippen LogP contribution in [-0.4, -0.2) is 10.3 Å². The van der Waals surface area contributed by atoms with Crippen LogP contribution in [-0.2, 0) is 0 Å². The van der Waals surface area contributed by atoms with Gasteiger partial charge in [-0.2, -0.15) is 0 Å². The van der Waals surface area contributed by atoms with Crippen LogP contribution in [0.5, 0.6) is 0 Å². The lowest BCUT2D eigenvalue weighted by atomic mass is 9.97. The maximum Gasteiger partial charge on any atom is 0.145 e. The molecular formula is C52H35N3S. The molecule has 1 unspecified atom stereocenters. The van der Waals surface area contributed by atoms with E-state index in [0.717, 1.165) is 28.1 Å². The maximum absolute atomic E-state index is 5.26. The number of fused-ring (bicyclic) bond motifs is 6. The highest BCUT2D eigenvalue weighted by Gasteiger charge is 2.21.